The van der Waals surface area contributed by atoms with Crippen molar-refractivity contribution in [3.63, 3.8) is 0 Å². The molecule has 0 spiro atoms. The number of methoxy groups -OCH3 is 3. The molecule has 96 valence electrons. The van der Waals surface area contributed by atoms with Gasteiger partial charge in [0.1, 0.15) is 5.75 Å². The number of hydrogen-bond donors (Lipinski definition) is 2. The molecule has 2 rings (SSSR count). The van der Waals surface area contributed by atoms with E-state index in [1.807, 2.05) is 6.07 Å². The number of H-pyrrole nitrogens is 2. The number of rotatable bonds is 4. The lowest BCUT2D eigenvalue weighted by Gasteiger charge is -2.13. The van der Waals surface area contributed by atoms with Crippen LogP contribution in [0.5, 0.6) is 17.2 Å². The second-order valence-electron chi connectivity index (χ2n) is 3.56. The molecule has 2 N–H and O–H groups in total. The number of imidazole rings is 1. The van der Waals surface area contributed by atoms with E-state index in [-0.39, 0.29) is 0 Å². The minimum absolute atomic E-state index is 0.557. The highest BCUT2D eigenvalue weighted by Crippen LogP contribution is 2.39. The Hall–Kier alpha value is -1.95. The highest BCUT2D eigenvalue weighted by molar-refractivity contribution is 7.71. The van der Waals surface area contributed by atoms with E-state index in [9.17, 15) is 0 Å². The molecule has 6 heteroatoms. The van der Waals surface area contributed by atoms with Crippen molar-refractivity contribution in [1.29, 1.82) is 0 Å². The van der Waals surface area contributed by atoms with Gasteiger partial charge >= 0.3 is 0 Å². The Balaban J connectivity index is 2.62. The third-order valence-electron chi connectivity index (χ3n) is 2.59. The van der Waals surface area contributed by atoms with Gasteiger partial charge in [0.05, 0.1) is 27.0 Å². The first-order valence-electron chi connectivity index (χ1n) is 5.27. The maximum Gasteiger partial charge on any atom is 0.174 e. The van der Waals surface area contributed by atoms with Crippen molar-refractivity contribution < 1.29 is 14.2 Å². The minimum Gasteiger partial charge on any atom is -0.496 e. The molecule has 1 aromatic carbocycles. The van der Waals surface area contributed by atoms with Crippen molar-refractivity contribution in [2.75, 3.05) is 21.3 Å². The smallest absolute Gasteiger partial charge is 0.174 e. The van der Waals surface area contributed by atoms with Crippen molar-refractivity contribution in [2.24, 2.45) is 0 Å². The van der Waals surface area contributed by atoms with Crippen LogP contribution in [-0.2, 0) is 0 Å². The zero-order valence-electron chi connectivity index (χ0n) is 10.4. The van der Waals surface area contributed by atoms with Gasteiger partial charge in [0.15, 0.2) is 16.3 Å². The van der Waals surface area contributed by atoms with Crippen molar-refractivity contribution >= 4 is 12.2 Å². The predicted molar refractivity (Wildman–Crippen MR) is 71.1 cm³/mol. The van der Waals surface area contributed by atoms with Crippen LogP contribution in [0.15, 0.2) is 18.3 Å². The molecule has 18 heavy (non-hydrogen) atoms. The fourth-order valence-electron chi connectivity index (χ4n) is 1.72. The standard InChI is InChI=1S/C12H14N2O3S/c1-15-9-5-11(17-3)10(16-2)4-7(9)8-6-13-12(18)14-8/h4-6H,1-3H3,(H2,13,14,18). The summed E-state index contributed by atoms with van der Waals surface area (Å²) in [5.74, 6) is 1.93. The zero-order chi connectivity index (χ0) is 13.1. The van der Waals surface area contributed by atoms with Gasteiger partial charge < -0.3 is 24.2 Å². The molecule has 0 atom stereocenters. The first kappa shape index (κ1) is 12.5. The summed E-state index contributed by atoms with van der Waals surface area (Å²) in [6.45, 7) is 0. The van der Waals surface area contributed by atoms with Crippen LogP contribution in [0.4, 0.5) is 0 Å². The number of hydrogen-bond acceptors (Lipinski definition) is 4. The molecular weight excluding hydrogens is 252 g/mol. The van der Waals surface area contributed by atoms with Crippen LogP contribution in [0.1, 0.15) is 0 Å². The Labute approximate surface area is 110 Å². The first-order chi connectivity index (χ1) is 8.69. The minimum atomic E-state index is 0.557. The van der Waals surface area contributed by atoms with E-state index < -0.39 is 0 Å². The molecule has 2 aromatic rings. The largest absolute Gasteiger partial charge is 0.496 e. The maximum atomic E-state index is 5.35. The van der Waals surface area contributed by atoms with Gasteiger partial charge in [0.25, 0.3) is 0 Å². The molecule has 0 saturated carbocycles. The molecule has 0 aliphatic carbocycles. The lowest BCUT2D eigenvalue weighted by atomic mass is 10.1. The van der Waals surface area contributed by atoms with Gasteiger partial charge in [-0.15, -0.1) is 0 Å². The third-order valence-corrected chi connectivity index (χ3v) is 2.81. The second-order valence-corrected chi connectivity index (χ2v) is 3.97. The lowest BCUT2D eigenvalue weighted by molar-refractivity contribution is 0.349. The van der Waals surface area contributed by atoms with E-state index in [1.165, 1.54) is 0 Å². The molecule has 0 aliphatic rings. The highest BCUT2D eigenvalue weighted by atomic mass is 32.1. The SMILES string of the molecule is COc1cc(OC)c(-c2c[nH]c(=S)[nH]2)cc1OC. The summed E-state index contributed by atoms with van der Waals surface area (Å²) >= 11 is 5.01. The monoisotopic (exact) mass is 266 g/mol. The van der Waals surface area contributed by atoms with Gasteiger partial charge in [0.2, 0.25) is 0 Å². The number of aromatic amines is 2. The van der Waals surface area contributed by atoms with E-state index in [1.54, 1.807) is 33.6 Å². The van der Waals surface area contributed by atoms with Crippen LogP contribution >= 0.6 is 12.2 Å². The van der Waals surface area contributed by atoms with Crippen LogP contribution in [0.3, 0.4) is 0 Å². The highest BCUT2D eigenvalue weighted by Gasteiger charge is 2.14. The summed E-state index contributed by atoms with van der Waals surface area (Å²) in [5, 5.41) is 0. The van der Waals surface area contributed by atoms with Gasteiger partial charge in [0, 0.05) is 17.8 Å². The Morgan fingerprint density at radius 2 is 1.56 bits per heavy atom. The molecule has 0 amide bonds. The predicted octanol–water partition coefficient (Wildman–Crippen LogP) is 2.77. The van der Waals surface area contributed by atoms with Gasteiger partial charge in [-0.05, 0) is 18.3 Å². The van der Waals surface area contributed by atoms with E-state index in [0.29, 0.717) is 22.0 Å². The number of benzene rings is 1. The summed E-state index contributed by atoms with van der Waals surface area (Å²) in [6.07, 6.45) is 1.78. The molecular formula is C12H14N2O3S. The summed E-state index contributed by atoms with van der Waals surface area (Å²) in [5.41, 5.74) is 1.68. The van der Waals surface area contributed by atoms with Gasteiger partial charge in [-0.25, -0.2) is 0 Å². The summed E-state index contributed by atoms with van der Waals surface area (Å²) in [4.78, 5) is 5.95. The molecule has 1 heterocycles. The summed E-state index contributed by atoms with van der Waals surface area (Å²) in [6, 6.07) is 3.62. The second kappa shape index (κ2) is 5.14. The lowest BCUT2D eigenvalue weighted by Crippen LogP contribution is -1.94. The fourth-order valence-corrected chi connectivity index (χ4v) is 1.89. The van der Waals surface area contributed by atoms with Crippen LogP contribution < -0.4 is 14.2 Å². The Morgan fingerprint density at radius 3 is 2.06 bits per heavy atom. The Kier molecular flexibility index (Phi) is 3.57. The van der Waals surface area contributed by atoms with Crippen LogP contribution in [0, 0.1) is 4.77 Å². The molecule has 5 nitrogen and oxygen atoms in total. The Bertz CT molecular complexity index is 604. The van der Waals surface area contributed by atoms with Crippen LogP contribution in [0.25, 0.3) is 11.3 Å². The quantitative estimate of drug-likeness (QED) is 0.835. The Morgan fingerprint density at radius 1 is 0.944 bits per heavy atom. The van der Waals surface area contributed by atoms with Crippen molar-refractivity contribution in [3.05, 3.63) is 23.1 Å². The number of ether oxygens (including phenoxy) is 3. The van der Waals surface area contributed by atoms with Gasteiger partial charge in [-0.2, -0.15) is 0 Å². The number of aromatic nitrogens is 2. The van der Waals surface area contributed by atoms with Gasteiger partial charge in [-0.1, -0.05) is 0 Å². The summed E-state index contributed by atoms with van der Waals surface area (Å²) < 4.78 is 16.4. The van der Waals surface area contributed by atoms with Crippen molar-refractivity contribution in [1.82, 2.24) is 9.97 Å². The third kappa shape index (κ3) is 2.19. The molecule has 0 fully saturated rings. The van der Waals surface area contributed by atoms with Gasteiger partial charge in [-0.3, -0.25) is 0 Å². The average Bonchev–Trinajstić information content (AvgIpc) is 2.83. The zero-order valence-corrected chi connectivity index (χ0v) is 11.2. The van der Waals surface area contributed by atoms with E-state index >= 15 is 0 Å². The van der Waals surface area contributed by atoms with Crippen molar-refractivity contribution in [2.45, 2.75) is 0 Å². The molecule has 0 bridgehead atoms. The summed E-state index contributed by atoms with van der Waals surface area (Å²) in [7, 11) is 4.78. The topological polar surface area (TPSA) is 59.3 Å². The van der Waals surface area contributed by atoms with Crippen LogP contribution in [-0.4, -0.2) is 31.3 Å². The van der Waals surface area contributed by atoms with Crippen molar-refractivity contribution in [3.8, 4) is 28.5 Å². The molecule has 0 radical (unpaired) electrons. The van der Waals surface area contributed by atoms with E-state index in [4.69, 9.17) is 26.4 Å². The number of nitrogens with one attached hydrogen (secondary N) is 2. The average molecular weight is 266 g/mol. The fraction of sp³-hybridized carbons (Fsp3) is 0.250. The molecule has 0 saturated heterocycles. The first-order valence-corrected chi connectivity index (χ1v) is 5.68. The molecule has 1 aromatic heterocycles. The van der Waals surface area contributed by atoms with E-state index in [2.05, 4.69) is 9.97 Å². The molecule has 0 unspecified atom stereocenters. The van der Waals surface area contributed by atoms with Crippen LogP contribution in [0.2, 0.25) is 0 Å². The molecule has 0 aliphatic heterocycles. The maximum absolute atomic E-state index is 5.35. The van der Waals surface area contributed by atoms with E-state index in [0.717, 1.165) is 11.3 Å². The normalized spacial score (nSPS) is 10.2.